The minimum Gasteiger partial charge on any atom is -0.347 e. The van der Waals surface area contributed by atoms with Crippen LogP contribution in [0.25, 0.3) is 0 Å². The van der Waals surface area contributed by atoms with Gasteiger partial charge in [-0.25, -0.2) is 0 Å². The second-order valence-corrected chi connectivity index (χ2v) is 5.96. The lowest BCUT2D eigenvalue weighted by Gasteiger charge is -2.41. The first kappa shape index (κ1) is 17.0. The van der Waals surface area contributed by atoms with E-state index in [9.17, 15) is 14.4 Å². The van der Waals surface area contributed by atoms with Gasteiger partial charge in [0.1, 0.15) is 6.04 Å². The molecule has 1 saturated heterocycles. The van der Waals surface area contributed by atoms with E-state index in [2.05, 4.69) is 0 Å². The van der Waals surface area contributed by atoms with Crippen molar-refractivity contribution in [2.75, 3.05) is 33.7 Å². The van der Waals surface area contributed by atoms with E-state index < -0.39 is 6.04 Å². The zero-order chi connectivity index (χ0) is 17.0. The van der Waals surface area contributed by atoms with Crippen molar-refractivity contribution in [2.24, 2.45) is 0 Å². The Balaban J connectivity index is 2.15. The fourth-order valence-corrected chi connectivity index (χ4v) is 2.75. The van der Waals surface area contributed by atoms with E-state index in [4.69, 9.17) is 0 Å². The van der Waals surface area contributed by atoms with Gasteiger partial charge < -0.3 is 14.7 Å². The molecule has 0 radical (unpaired) electrons. The van der Waals surface area contributed by atoms with Crippen LogP contribution in [0.4, 0.5) is 0 Å². The number of carbonyl (C=O) groups is 3. The minimum absolute atomic E-state index is 0.0725. The Morgan fingerprint density at radius 2 is 1.78 bits per heavy atom. The van der Waals surface area contributed by atoms with Crippen LogP contribution in [0.2, 0.25) is 0 Å². The smallest absolute Gasteiger partial charge is 0.246 e. The van der Waals surface area contributed by atoms with Crippen LogP contribution in [-0.2, 0) is 20.8 Å². The third kappa shape index (κ3) is 4.09. The molecular weight excluding hydrogens is 294 g/mol. The summed E-state index contributed by atoms with van der Waals surface area (Å²) in [6, 6.07) is 8.85. The first-order chi connectivity index (χ1) is 10.9. The molecule has 1 aliphatic heterocycles. The van der Waals surface area contributed by atoms with E-state index in [1.165, 1.54) is 11.8 Å². The normalized spacial score (nSPS) is 17.8. The Bertz CT molecular complexity index is 586. The maximum absolute atomic E-state index is 12.6. The molecule has 0 unspecified atom stereocenters. The second kappa shape index (κ2) is 7.26. The number of carbonyl (C=O) groups excluding carboxylic acids is 3. The number of hydrogen-bond donors (Lipinski definition) is 0. The van der Waals surface area contributed by atoms with E-state index in [0.29, 0.717) is 13.1 Å². The SMILES string of the molecule is CC(=O)N1CCN(C(=O)Cc2ccccc2)[C@H](C(=O)N(C)C)C1. The first-order valence-electron chi connectivity index (χ1n) is 7.70. The largest absolute Gasteiger partial charge is 0.347 e. The van der Waals surface area contributed by atoms with Crippen molar-refractivity contribution in [3.05, 3.63) is 35.9 Å². The molecule has 0 N–H and O–H groups in total. The summed E-state index contributed by atoms with van der Waals surface area (Å²) in [5, 5.41) is 0. The number of rotatable bonds is 3. The van der Waals surface area contributed by atoms with Crippen molar-refractivity contribution in [1.29, 1.82) is 0 Å². The van der Waals surface area contributed by atoms with Crippen molar-refractivity contribution in [3.63, 3.8) is 0 Å². The Morgan fingerprint density at radius 1 is 1.13 bits per heavy atom. The zero-order valence-electron chi connectivity index (χ0n) is 13.9. The van der Waals surface area contributed by atoms with E-state index in [1.54, 1.807) is 23.9 Å². The van der Waals surface area contributed by atoms with Crippen molar-refractivity contribution < 1.29 is 14.4 Å². The lowest BCUT2D eigenvalue weighted by molar-refractivity contribution is -0.150. The van der Waals surface area contributed by atoms with Gasteiger partial charge in [-0.2, -0.15) is 0 Å². The molecule has 1 heterocycles. The standard InChI is InChI=1S/C17H23N3O3/c1-13(21)19-9-10-20(15(12-19)17(23)18(2)3)16(22)11-14-7-5-4-6-8-14/h4-8,15H,9-12H2,1-3H3/t15-/m0/s1. The van der Waals surface area contributed by atoms with Crippen molar-refractivity contribution >= 4 is 17.7 Å². The molecule has 0 aliphatic carbocycles. The predicted octanol–water partition coefficient (Wildman–Crippen LogP) is 0.377. The molecule has 1 aromatic rings. The molecule has 6 nitrogen and oxygen atoms in total. The van der Waals surface area contributed by atoms with Crippen LogP contribution in [0.5, 0.6) is 0 Å². The summed E-state index contributed by atoms with van der Waals surface area (Å²) < 4.78 is 0. The molecule has 3 amide bonds. The lowest BCUT2D eigenvalue weighted by Crippen LogP contribution is -2.61. The second-order valence-electron chi connectivity index (χ2n) is 5.96. The number of piperazine rings is 1. The van der Waals surface area contributed by atoms with Gasteiger partial charge >= 0.3 is 0 Å². The highest BCUT2D eigenvalue weighted by Crippen LogP contribution is 2.14. The van der Waals surface area contributed by atoms with Gasteiger partial charge in [-0.1, -0.05) is 30.3 Å². The molecular formula is C17H23N3O3. The average Bonchev–Trinajstić information content (AvgIpc) is 2.54. The van der Waals surface area contributed by atoms with Crippen LogP contribution in [0, 0.1) is 0 Å². The first-order valence-corrected chi connectivity index (χ1v) is 7.70. The van der Waals surface area contributed by atoms with Crippen LogP contribution >= 0.6 is 0 Å². The van der Waals surface area contributed by atoms with Gasteiger partial charge in [-0.3, -0.25) is 14.4 Å². The number of nitrogens with zero attached hydrogens (tertiary/aromatic N) is 3. The Kier molecular flexibility index (Phi) is 5.36. The number of likely N-dealkylation sites (N-methyl/N-ethyl adjacent to an activating group) is 1. The van der Waals surface area contributed by atoms with Gasteiger partial charge in [0.25, 0.3) is 0 Å². The molecule has 1 aliphatic rings. The summed E-state index contributed by atoms with van der Waals surface area (Å²) in [5.41, 5.74) is 0.919. The van der Waals surface area contributed by atoms with Gasteiger partial charge in [0.15, 0.2) is 0 Å². The molecule has 6 heteroatoms. The Hall–Kier alpha value is -2.37. The summed E-state index contributed by atoms with van der Waals surface area (Å²) in [5.74, 6) is -0.311. The quantitative estimate of drug-likeness (QED) is 0.809. The topological polar surface area (TPSA) is 60.9 Å². The third-order valence-electron chi connectivity index (χ3n) is 4.07. The molecule has 0 aromatic heterocycles. The monoisotopic (exact) mass is 317 g/mol. The molecule has 0 saturated carbocycles. The average molecular weight is 317 g/mol. The number of hydrogen-bond acceptors (Lipinski definition) is 3. The van der Waals surface area contributed by atoms with Gasteiger partial charge in [-0.05, 0) is 5.56 Å². The van der Waals surface area contributed by atoms with Crippen LogP contribution in [0.1, 0.15) is 12.5 Å². The summed E-state index contributed by atoms with van der Waals surface area (Å²) in [6.07, 6.45) is 0.262. The summed E-state index contributed by atoms with van der Waals surface area (Å²) in [7, 11) is 3.32. The summed E-state index contributed by atoms with van der Waals surface area (Å²) in [4.78, 5) is 41.4. The maximum atomic E-state index is 12.6. The minimum atomic E-state index is -0.612. The fraction of sp³-hybridized carbons (Fsp3) is 0.471. The number of amides is 3. The Labute approximate surface area is 136 Å². The summed E-state index contributed by atoms with van der Waals surface area (Å²) >= 11 is 0. The zero-order valence-corrected chi connectivity index (χ0v) is 13.9. The molecule has 1 fully saturated rings. The van der Waals surface area contributed by atoms with E-state index in [1.807, 2.05) is 30.3 Å². The molecule has 0 bridgehead atoms. The van der Waals surface area contributed by atoms with Gasteiger partial charge in [-0.15, -0.1) is 0 Å². The number of benzene rings is 1. The molecule has 2 rings (SSSR count). The fourth-order valence-electron chi connectivity index (χ4n) is 2.75. The van der Waals surface area contributed by atoms with Crippen LogP contribution in [0.15, 0.2) is 30.3 Å². The van der Waals surface area contributed by atoms with Gasteiger partial charge in [0.2, 0.25) is 17.7 Å². The highest BCUT2D eigenvalue weighted by molar-refractivity contribution is 5.89. The van der Waals surface area contributed by atoms with Crippen LogP contribution in [0.3, 0.4) is 0 Å². The highest BCUT2D eigenvalue weighted by atomic mass is 16.2. The van der Waals surface area contributed by atoms with Crippen molar-refractivity contribution in [2.45, 2.75) is 19.4 Å². The molecule has 124 valence electrons. The van der Waals surface area contributed by atoms with Crippen molar-refractivity contribution in [3.8, 4) is 0 Å². The Morgan fingerprint density at radius 3 is 2.35 bits per heavy atom. The molecule has 23 heavy (non-hydrogen) atoms. The van der Waals surface area contributed by atoms with Crippen molar-refractivity contribution in [1.82, 2.24) is 14.7 Å². The maximum Gasteiger partial charge on any atom is 0.246 e. The van der Waals surface area contributed by atoms with E-state index in [0.717, 1.165) is 5.56 Å². The van der Waals surface area contributed by atoms with E-state index in [-0.39, 0.29) is 30.7 Å². The van der Waals surface area contributed by atoms with Crippen LogP contribution in [-0.4, -0.2) is 72.2 Å². The predicted molar refractivity (Wildman–Crippen MR) is 86.6 cm³/mol. The third-order valence-corrected chi connectivity index (χ3v) is 4.07. The molecule has 1 atom stereocenters. The molecule has 0 spiro atoms. The van der Waals surface area contributed by atoms with E-state index >= 15 is 0 Å². The molecule has 1 aromatic carbocycles. The highest BCUT2D eigenvalue weighted by Gasteiger charge is 2.36. The van der Waals surface area contributed by atoms with Crippen LogP contribution < -0.4 is 0 Å². The van der Waals surface area contributed by atoms with Gasteiger partial charge in [0, 0.05) is 34.1 Å². The lowest BCUT2D eigenvalue weighted by atomic mass is 10.1. The summed E-state index contributed by atoms with van der Waals surface area (Å²) in [6.45, 7) is 2.59. The van der Waals surface area contributed by atoms with Gasteiger partial charge in [0.05, 0.1) is 13.0 Å².